The molecule has 0 aliphatic carbocycles. The van der Waals surface area contributed by atoms with Crippen LogP contribution in [0.4, 0.5) is 13.2 Å². The SMILES string of the molecule is CC(=O)c1ccc(S(=O)(=O)NCC(=O)OCc2nc(-c3ccc(C(F)(F)F)cc3)no2)cc1. The van der Waals surface area contributed by atoms with Gasteiger partial charge in [-0.3, -0.25) is 9.59 Å². The highest BCUT2D eigenvalue weighted by Gasteiger charge is 2.30. The molecule has 0 aliphatic heterocycles. The van der Waals surface area contributed by atoms with Crippen molar-refractivity contribution >= 4 is 21.8 Å². The predicted octanol–water partition coefficient (Wildman–Crippen LogP) is 2.98. The van der Waals surface area contributed by atoms with E-state index in [9.17, 15) is 31.2 Å². The number of benzene rings is 2. The first-order chi connectivity index (χ1) is 15.5. The van der Waals surface area contributed by atoms with E-state index in [0.717, 1.165) is 12.1 Å². The van der Waals surface area contributed by atoms with Crippen molar-refractivity contribution < 1.29 is 40.4 Å². The van der Waals surface area contributed by atoms with Crippen molar-refractivity contribution in [3.05, 3.63) is 65.5 Å². The minimum absolute atomic E-state index is 0.00974. The van der Waals surface area contributed by atoms with E-state index in [1.807, 2.05) is 0 Å². The van der Waals surface area contributed by atoms with Crippen LogP contribution in [0.15, 0.2) is 57.9 Å². The first-order valence-electron chi connectivity index (χ1n) is 9.22. The number of carbonyl (C=O) groups is 2. The summed E-state index contributed by atoms with van der Waals surface area (Å²) < 4.78 is 74.1. The summed E-state index contributed by atoms with van der Waals surface area (Å²) in [6, 6.07) is 9.22. The van der Waals surface area contributed by atoms with Gasteiger partial charge < -0.3 is 9.26 Å². The number of esters is 1. The summed E-state index contributed by atoms with van der Waals surface area (Å²) in [5.41, 5.74) is -0.238. The third-order valence-corrected chi connectivity index (χ3v) is 5.69. The Hall–Kier alpha value is -3.58. The first-order valence-corrected chi connectivity index (χ1v) is 10.7. The lowest BCUT2D eigenvalue weighted by atomic mass is 10.1. The van der Waals surface area contributed by atoms with Crippen LogP contribution >= 0.6 is 0 Å². The van der Waals surface area contributed by atoms with Gasteiger partial charge in [0.15, 0.2) is 12.4 Å². The van der Waals surface area contributed by atoms with Gasteiger partial charge in [0.2, 0.25) is 15.8 Å². The van der Waals surface area contributed by atoms with Crippen LogP contribution in [0.25, 0.3) is 11.4 Å². The molecule has 1 N–H and O–H groups in total. The Bertz CT molecular complexity index is 1250. The van der Waals surface area contributed by atoms with Gasteiger partial charge in [-0.1, -0.05) is 29.4 Å². The number of alkyl halides is 3. The summed E-state index contributed by atoms with van der Waals surface area (Å²) >= 11 is 0. The smallest absolute Gasteiger partial charge is 0.416 e. The van der Waals surface area contributed by atoms with E-state index in [-0.39, 0.29) is 28.0 Å². The standard InChI is InChI=1S/C20H16F3N3O6S/c1-12(27)13-4-8-16(9-5-13)33(29,30)24-10-18(28)31-11-17-25-19(26-32-17)14-2-6-15(7-3-14)20(21,22)23/h2-9,24H,10-11H2,1H3. The van der Waals surface area contributed by atoms with Crippen molar-refractivity contribution in [1.82, 2.24) is 14.9 Å². The van der Waals surface area contributed by atoms with Crippen LogP contribution in [0, 0.1) is 0 Å². The monoisotopic (exact) mass is 483 g/mol. The molecule has 0 radical (unpaired) electrons. The molecule has 13 heteroatoms. The zero-order chi connectivity index (χ0) is 24.2. The minimum atomic E-state index is -4.48. The lowest BCUT2D eigenvalue weighted by molar-refractivity contribution is -0.144. The van der Waals surface area contributed by atoms with Gasteiger partial charge in [0.05, 0.1) is 10.5 Å². The van der Waals surface area contributed by atoms with Crippen LogP contribution in [-0.2, 0) is 32.3 Å². The number of Topliss-reactive ketones (excluding diaryl/α,β-unsaturated/α-hetero) is 1. The summed E-state index contributed by atoms with van der Waals surface area (Å²) in [6.07, 6.45) is -4.48. The highest BCUT2D eigenvalue weighted by atomic mass is 32.2. The van der Waals surface area contributed by atoms with Crippen LogP contribution in [0.1, 0.15) is 28.7 Å². The third kappa shape index (κ3) is 6.23. The zero-order valence-corrected chi connectivity index (χ0v) is 17.7. The Kier molecular flexibility index (Phi) is 6.93. The maximum Gasteiger partial charge on any atom is 0.416 e. The lowest BCUT2D eigenvalue weighted by Crippen LogP contribution is -2.30. The number of aromatic nitrogens is 2. The Labute approximate surface area is 185 Å². The summed E-state index contributed by atoms with van der Waals surface area (Å²) in [4.78, 5) is 26.9. The molecule has 1 aromatic heterocycles. The Balaban J connectivity index is 1.53. The number of nitrogens with one attached hydrogen (secondary N) is 1. The number of sulfonamides is 1. The number of ketones is 1. The molecule has 0 bridgehead atoms. The lowest BCUT2D eigenvalue weighted by Gasteiger charge is -2.07. The van der Waals surface area contributed by atoms with E-state index >= 15 is 0 Å². The van der Waals surface area contributed by atoms with Crippen molar-refractivity contribution in [3.8, 4) is 11.4 Å². The molecule has 2 aromatic carbocycles. The molecular formula is C20H16F3N3O6S. The molecule has 1 heterocycles. The van der Waals surface area contributed by atoms with Crippen LogP contribution in [-0.4, -0.2) is 36.9 Å². The molecule has 0 saturated carbocycles. The maximum absolute atomic E-state index is 12.6. The predicted molar refractivity (Wildman–Crippen MR) is 106 cm³/mol. The molecule has 0 aliphatic rings. The number of hydrogen-bond donors (Lipinski definition) is 1. The van der Waals surface area contributed by atoms with E-state index < -0.39 is 40.9 Å². The fourth-order valence-corrected chi connectivity index (χ4v) is 3.51. The summed E-state index contributed by atoms with van der Waals surface area (Å²) in [6.45, 7) is 0.186. The fraction of sp³-hybridized carbons (Fsp3) is 0.200. The largest absolute Gasteiger partial charge is 0.455 e. The van der Waals surface area contributed by atoms with Crippen LogP contribution in [0.3, 0.4) is 0 Å². The number of carbonyl (C=O) groups excluding carboxylic acids is 2. The Morgan fingerprint density at radius 2 is 1.70 bits per heavy atom. The average Bonchev–Trinajstić information content (AvgIpc) is 3.25. The van der Waals surface area contributed by atoms with Crippen molar-refractivity contribution in [2.75, 3.05) is 6.54 Å². The molecule has 0 atom stereocenters. The molecule has 3 aromatic rings. The van der Waals surface area contributed by atoms with Crippen molar-refractivity contribution in [1.29, 1.82) is 0 Å². The van der Waals surface area contributed by atoms with Crippen LogP contribution in [0.2, 0.25) is 0 Å². The number of hydrogen-bond acceptors (Lipinski definition) is 8. The minimum Gasteiger partial charge on any atom is -0.455 e. The van der Waals surface area contributed by atoms with Gasteiger partial charge in [0.1, 0.15) is 6.54 Å². The van der Waals surface area contributed by atoms with Gasteiger partial charge in [-0.05, 0) is 31.2 Å². The van der Waals surface area contributed by atoms with Crippen molar-refractivity contribution in [3.63, 3.8) is 0 Å². The number of nitrogens with zero attached hydrogens (tertiary/aromatic N) is 2. The number of halogens is 3. The van der Waals surface area contributed by atoms with Gasteiger partial charge in [0.25, 0.3) is 5.89 Å². The highest BCUT2D eigenvalue weighted by molar-refractivity contribution is 7.89. The van der Waals surface area contributed by atoms with Crippen LogP contribution < -0.4 is 4.72 Å². The summed E-state index contributed by atoms with van der Waals surface area (Å²) in [7, 11) is -4.02. The quantitative estimate of drug-likeness (QED) is 0.383. The van der Waals surface area contributed by atoms with E-state index in [2.05, 4.69) is 14.9 Å². The normalized spacial score (nSPS) is 11.9. The fourth-order valence-electron chi connectivity index (χ4n) is 2.54. The Morgan fingerprint density at radius 3 is 2.27 bits per heavy atom. The van der Waals surface area contributed by atoms with E-state index in [1.54, 1.807) is 0 Å². The number of ether oxygens (including phenoxy) is 1. The average molecular weight is 483 g/mol. The van der Waals surface area contributed by atoms with Crippen molar-refractivity contribution in [2.45, 2.75) is 24.6 Å². The molecule has 0 unspecified atom stereocenters. The molecule has 33 heavy (non-hydrogen) atoms. The van der Waals surface area contributed by atoms with Gasteiger partial charge in [-0.2, -0.15) is 22.9 Å². The Morgan fingerprint density at radius 1 is 1.06 bits per heavy atom. The van der Waals surface area contributed by atoms with Gasteiger partial charge >= 0.3 is 12.1 Å². The maximum atomic E-state index is 12.6. The van der Waals surface area contributed by atoms with Gasteiger partial charge in [-0.15, -0.1) is 0 Å². The third-order valence-electron chi connectivity index (χ3n) is 4.27. The molecule has 9 nitrogen and oxygen atoms in total. The summed E-state index contributed by atoms with van der Waals surface area (Å²) in [5, 5.41) is 3.61. The molecule has 0 fully saturated rings. The topological polar surface area (TPSA) is 128 Å². The van der Waals surface area contributed by atoms with E-state index in [1.165, 1.54) is 43.3 Å². The van der Waals surface area contributed by atoms with Crippen LogP contribution in [0.5, 0.6) is 0 Å². The second-order valence-corrected chi connectivity index (χ2v) is 8.42. The molecule has 174 valence electrons. The van der Waals surface area contributed by atoms with Gasteiger partial charge in [-0.25, -0.2) is 8.42 Å². The second-order valence-electron chi connectivity index (χ2n) is 6.65. The van der Waals surface area contributed by atoms with Gasteiger partial charge in [0, 0.05) is 11.1 Å². The molecule has 0 saturated heterocycles. The zero-order valence-electron chi connectivity index (χ0n) is 16.9. The van der Waals surface area contributed by atoms with E-state index in [4.69, 9.17) is 9.26 Å². The molecule has 3 rings (SSSR count). The second kappa shape index (κ2) is 9.50. The first kappa shape index (κ1) is 24.1. The molecule has 0 amide bonds. The highest BCUT2D eigenvalue weighted by Crippen LogP contribution is 2.30. The summed E-state index contributed by atoms with van der Waals surface area (Å²) in [5.74, 6) is -1.31. The number of rotatable bonds is 8. The van der Waals surface area contributed by atoms with Crippen molar-refractivity contribution in [2.24, 2.45) is 0 Å². The molecule has 0 spiro atoms. The molecular weight excluding hydrogens is 467 g/mol. The van der Waals surface area contributed by atoms with E-state index in [0.29, 0.717) is 5.56 Å².